The topological polar surface area (TPSA) is 125 Å². The van der Waals surface area contributed by atoms with Crippen LogP contribution in [0.15, 0.2) is 79.9 Å². The van der Waals surface area contributed by atoms with Crippen molar-refractivity contribution in [3.63, 3.8) is 0 Å². The van der Waals surface area contributed by atoms with Gasteiger partial charge in [0.1, 0.15) is 17.7 Å². The maximum absolute atomic E-state index is 14.4. The normalized spacial score (nSPS) is 25.4. The zero-order valence-electron chi connectivity index (χ0n) is 25.0. The standard InChI is InChI=1S/C34H38ClN3O7/c1-3-5-11-27(40)36-21-26(22-9-7-6-8-10-22)44-33(43)28-25-16-17-34(45-25)29(28)31(41)38(19-20-39)30(34)32(42)37(18-4-2)24-14-12-23(35)13-15-24/h3-4,6-10,12-15,25-26,28-30,39H,1-2,5,11,16-21H2,(H,36,40)/t25-,26-,28+,29+,30-,34+/m1/s1. The first-order valence-corrected chi connectivity index (χ1v) is 15.5. The van der Waals surface area contributed by atoms with Gasteiger partial charge >= 0.3 is 5.97 Å². The smallest absolute Gasteiger partial charge is 0.313 e. The van der Waals surface area contributed by atoms with E-state index in [2.05, 4.69) is 18.5 Å². The van der Waals surface area contributed by atoms with E-state index in [1.54, 1.807) is 48.6 Å². The van der Waals surface area contributed by atoms with Gasteiger partial charge in [0.15, 0.2) is 0 Å². The second-order valence-corrected chi connectivity index (χ2v) is 11.9. The number of amides is 3. The van der Waals surface area contributed by atoms with Crippen LogP contribution in [0.2, 0.25) is 5.02 Å². The molecule has 2 aromatic rings. The maximum atomic E-state index is 14.4. The Kier molecular flexibility index (Phi) is 10.1. The van der Waals surface area contributed by atoms with Gasteiger partial charge in [-0.3, -0.25) is 19.2 Å². The van der Waals surface area contributed by atoms with Crippen LogP contribution in [0.25, 0.3) is 0 Å². The monoisotopic (exact) mass is 635 g/mol. The van der Waals surface area contributed by atoms with Crippen LogP contribution < -0.4 is 10.2 Å². The molecule has 3 fully saturated rings. The van der Waals surface area contributed by atoms with Crippen molar-refractivity contribution in [1.82, 2.24) is 10.2 Å². The Labute approximate surface area is 267 Å². The molecule has 3 aliphatic heterocycles. The largest absolute Gasteiger partial charge is 0.455 e. The number of hydrogen-bond acceptors (Lipinski definition) is 7. The molecule has 3 heterocycles. The van der Waals surface area contributed by atoms with Gasteiger partial charge < -0.3 is 29.7 Å². The summed E-state index contributed by atoms with van der Waals surface area (Å²) in [5, 5.41) is 13.2. The first-order chi connectivity index (χ1) is 21.7. The summed E-state index contributed by atoms with van der Waals surface area (Å²) in [4.78, 5) is 57.6. The molecule has 238 valence electrons. The van der Waals surface area contributed by atoms with Crippen molar-refractivity contribution in [2.45, 2.75) is 49.5 Å². The predicted octanol–water partition coefficient (Wildman–Crippen LogP) is 3.59. The molecule has 2 N–H and O–H groups in total. The van der Waals surface area contributed by atoms with Crippen molar-refractivity contribution in [2.24, 2.45) is 11.8 Å². The van der Waals surface area contributed by atoms with E-state index in [4.69, 9.17) is 21.1 Å². The van der Waals surface area contributed by atoms with Crippen LogP contribution in [0, 0.1) is 11.8 Å². The van der Waals surface area contributed by atoms with Gasteiger partial charge in [0.25, 0.3) is 5.91 Å². The van der Waals surface area contributed by atoms with Gasteiger partial charge in [-0.05, 0) is 49.1 Å². The fourth-order valence-corrected chi connectivity index (χ4v) is 7.04. The lowest BCUT2D eigenvalue weighted by molar-refractivity contribution is -0.160. The summed E-state index contributed by atoms with van der Waals surface area (Å²) in [5.74, 6) is -3.61. The Hall–Kier alpha value is -3.99. The number of carbonyl (C=O) groups is 4. The molecular formula is C34H38ClN3O7. The van der Waals surface area contributed by atoms with Crippen LogP contribution in [0.4, 0.5) is 5.69 Å². The van der Waals surface area contributed by atoms with Crippen LogP contribution in [0.3, 0.4) is 0 Å². The zero-order valence-corrected chi connectivity index (χ0v) is 25.7. The summed E-state index contributed by atoms with van der Waals surface area (Å²) in [7, 11) is 0. The number of hydrogen-bond donors (Lipinski definition) is 2. The molecular weight excluding hydrogens is 598 g/mol. The Morgan fingerprint density at radius 3 is 2.56 bits per heavy atom. The number of likely N-dealkylation sites (tertiary alicyclic amines) is 1. The quantitative estimate of drug-likeness (QED) is 0.240. The van der Waals surface area contributed by atoms with Crippen molar-refractivity contribution in [1.29, 1.82) is 0 Å². The van der Waals surface area contributed by atoms with Crippen LogP contribution >= 0.6 is 11.6 Å². The lowest BCUT2D eigenvalue weighted by Gasteiger charge is -2.36. The predicted molar refractivity (Wildman–Crippen MR) is 168 cm³/mol. The van der Waals surface area contributed by atoms with Crippen LogP contribution in [-0.2, 0) is 28.7 Å². The number of aliphatic hydroxyl groups is 1. The van der Waals surface area contributed by atoms with Gasteiger partial charge in [0.2, 0.25) is 11.8 Å². The number of allylic oxidation sites excluding steroid dienone is 1. The number of carbonyl (C=O) groups excluding carboxylic acids is 4. The second-order valence-electron chi connectivity index (χ2n) is 11.5. The Morgan fingerprint density at radius 2 is 1.89 bits per heavy atom. The molecule has 0 aromatic heterocycles. The molecule has 3 aliphatic rings. The molecule has 0 aliphatic carbocycles. The zero-order chi connectivity index (χ0) is 32.1. The molecule has 0 unspecified atom stereocenters. The highest BCUT2D eigenvalue weighted by Crippen LogP contribution is 2.59. The Morgan fingerprint density at radius 1 is 1.16 bits per heavy atom. The summed E-state index contributed by atoms with van der Waals surface area (Å²) >= 11 is 6.09. The number of rotatable bonds is 14. The number of anilines is 1. The van der Waals surface area contributed by atoms with Gasteiger partial charge in [0.05, 0.1) is 31.1 Å². The van der Waals surface area contributed by atoms with E-state index in [0.717, 1.165) is 0 Å². The third kappa shape index (κ3) is 6.27. The van der Waals surface area contributed by atoms with Crippen molar-refractivity contribution in [2.75, 3.05) is 31.1 Å². The molecule has 10 nitrogen and oxygen atoms in total. The van der Waals surface area contributed by atoms with Crippen molar-refractivity contribution in [3.05, 3.63) is 90.5 Å². The van der Waals surface area contributed by atoms with Crippen molar-refractivity contribution in [3.8, 4) is 0 Å². The fraction of sp³-hybridized carbons (Fsp3) is 0.412. The molecule has 45 heavy (non-hydrogen) atoms. The van der Waals surface area contributed by atoms with E-state index in [1.807, 2.05) is 18.2 Å². The van der Waals surface area contributed by atoms with Crippen molar-refractivity contribution >= 4 is 41.0 Å². The van der Waals surface area contributed by atoms with E-state index in [-0.39, 0.29) is 38.6 Å². The average molecular weight is 636 g/mol. The molecule has 6 atom stereocenters. The molecule has 3 saturated heterocycles. The van der Waals surface area contributed by atoms with Gasteiger partial charge in [-0.15, -0.1) is 13.2 Å². The van der Waals surface area contributed by atoms with E-state index in [9.17, 15) is 24.3 Å². The molecule has 2 aromatic carbocycles. The lowest BCUT2D eigenvalue weighted by Crippen LogP contribution is -2.56. The highest BCUT2D eigenvalue weighted by molar-refractivity contribution is 6.30. The Balaban J connectivity index is 1.43. The fourth-order valence-electron chi connectivity index (χ4n) is 6.91. The number of nitrogens with one attached hydrogen (secondary N) is 1. The number of ether oxygens (including phenoxy) is 2. The summed E-state index contributed by atoms with van der Waals surface area (Å²) < 4.78 is 12.5. The minimum atomic E-state index is -1.27. The highest BCUT2D eigenvalue weighted by atomic mass is 35.5. The van der Waals surface area contributed by atoms with E-state index in [1.165, 1.54) is 9.80 Å². The number of β-amino-alcohol motifs (C(OH)–C–C–N with tert-alkyl or cyclic N) is 1. The minimum absolute atomic E-state index is 0.0447. The number of nitrogens with zero attached hydrogens (tertiary/aromatic N) is 2. The summed E-state index contributed by atoms with van der Waals surface area (Å²) in [6.07, 6.45) is 3.42. The Bertz CT molecular complexity index is 1440. The van der Waals surface area contributed by atoms with Gasteiger partial charge in [-0.1, -0.05) is 54.1 Å². The van der Waals surface area contributed by atoms with E-state index in [0.29, 0.717) is 35.5 Å². The molecule has 1 spiro atoms. The number of aliphatic hydroxyl groups excluding tert-OH is 1. The molecule has 2 bridgehead atoms. The van der Waals surface area contributed by atoms with E-state index < -0.39 is 53.5 Å². The number of halogens is 1. The molecule has 3 amide bonds. The van der Waals surface area contributed by atoms with Crippen LogP contribution in [-0.4, -0.2) is 77.7 Å². The van der Waals surface area contributed by atoms with Gasteiger partial charge in [0, 0.05) is 30.2 Å². The molecule has 5 rings (SSSR count). The molecule has 0 radical (unpaired) electrons. The second kappa shape index (κ2) is 14.0. The number of fused-ring (bicyclic) bond motifs is 1. The minimum Gasteiger partial charge on any atom is -0.455 e. The van der Waals surface area contributed by atoms with Crippen LogP contribution in [0.5, 0.6) is 0 Å². The van der Waals surface area contributed by atoms with Crippen LogP contribution in [0.1, 0.15) is 37.4 Å². The summed E-state index contributed by atoms with van der Waals surface area (Å²) in [5.41, 5.74) is -0.0284. The summed E-state index contributed by atoms with van der Waals surface area (Å²) in [6, 6.07) is 14.7. The average Bonchev–Trinajstić information content (AvgIpc) is 3.69. The third-order valence-electron chi connectivity index (χ3n) is 8.85. The number of benzene rings is 2. The first-order valence-electron chi connectivity index (χ1n) is 15.2. The maximum Gasteiger partial charge on any atom is 0.313 e. The van der Waals surface area contributed by atoms with E-state index >= 15 is 0 Å². The summed E-state index contributed by atoms with van der Waals surface area (Å²) in [6.45, 7) is 7.17. The SMILES string of the molecule is C=CCCC(=O)NC[C@@H](OC(=O)[C@@H]1[C@H]2C(=O)N(CCO)[C@H](C(=O)N(CC=C)c3ccc(Cl)cc3)[C@]23CC[C@H]1O3)c1ccccc1. The third-order valence-corrected chi connectivity index (χ3v) is 9.11. The molecule has 0 saturated carbocycles. The number of esters is 1. The van der Waals surface area contributed by atoms with Crippen molar-refractivity contribution < 1.29 is 33.8 Å². The highest BCUT2D eigenvalue weighted by Gasteiger charge is 2.75. The lowest BCUT2D eigenvalue weighted by atomic mass is 9.70. The molecule has 11 heteroatoms. The van der Waals surface area contributed by atoms with Gasteiger partial charge in [-0.2, -0.15) is 0 Å². The van der Waals surface area contributed by atoms with Gasteiger partial charge in [-0.25, -0.2) is 0 Å². The first kappa shape index (κ1) is 32.4.